The first-order chi connectivity index (χ1) is 5.16. The van der Waals surface area contributed by atoms with Gasteiger partial charge in [-0.1, -0.05) is 0 Å². The molecule has 0 aromatic heterocycles. The fraction of sp³-hybridized carbons (Fsp3) is 0.833. The van der Waals surface area contributed by atoms with Crippen molar-refractivity contribution in [1.82, 2.24) is 5.32 Å². The van der Waals surface area contributed by atoms with E-state index in [2.05, 4.69) is 5.32 Å². The number of carboxylic acids is 1. The van der Waals surface area contributed by atoms with Crippen LogP contribution >= 0.6 is 11.6 Å². The first-order valence-corrected chi connectivity index (χ1v) is 3.90. The Labute approximate surface area is 69.2 Å². The molecule has 0 amide bonds. The Hall–Kier alpha value is -0.320. The highest BCUT2D eigenvalue weighted by Gasteiger charge is 2.38. The average Bonchev–Trinajstić information content (AvgIpc) is 2.30. The van der Waals surface area contributed by atoms with Crippen LogP contribution in [0.15, 0.2) is 0 Å². The highest BCUT2D eigenvalue weighted by atomic mass is 35.5. The number of rotatable bonds is 2. The van der Waals surface area contributed by atoms with E-state index in [4.69, 9.17) is 16.7 Å². The Morgan fingerprint density at radius 3 is 2.73 bits per heavy atom. The van der Waals surface area contributed by atoms with Crippen LogP contribution in [0, 0.1) is 5.92 Å². The smallest absolute Gasteiger partial charge is 0.321 e. The van der Waals surface area contributed by atoms with Crippen LogP contribution in [0.5, 0.6) is 0 Å². The van der Waals surface area contributed by atoms with Gasteiger partial charge in [0.05, 0.1) is 6.10 Å². The zero-order chi connectivity index (χ0) is 8.43. The van der Waals surface area contributed by atoms with E-state index >= 15 is 0 Å². The molecule has 0 aliphatic carbocycles. The van der Waals surface area contributed by atoms with Gasteiger partial charge in [-0.05, 0) is 0 Å². The van der Waals surface area contributed by atoms with Crippen molar-refractivity contribution in [2.45, 2.75) is 12.1 Å². The van der Waals surface area contributed by atoms with Crippen LogP contribution in [-0.2, 0) is 4.79 Å². The number of halogens is 1. The topological polar surface area (TPSA) is 69.6 Å². The summed E-state index contributed by atoms with van der Waals surface area (Å²) in [6.45, 7) is 0.314. The molecule has 1 rings (SSSR count). The van der Waals surface area contributed by atoms with E-state index in [-0.39, 0.29) is 11.8 Å². The fourth-order valence-electron chi connectivity index (χ4n) is 1.23. The molecule has 1 aliphatic heterocycles. The first kappa shape index (κ1) is 8.77. The lowest BCUT2D eigenvalue weighted by Crippen LogP contribution is -2.37. The molecule has 0 unspecified atom stereocenters. The Bertz CT molecular complexity index is 164. The average molecular weight is 180 g/mol. The number of hydrogen-bond donors (Lipinski definition) is 3. The predicted octanol–water partition coefficient (Wildman–Crippen LogP) is -0.741. The van der Waals surface area contributed by atoms with Crippen LogP contribution in [0.1, 0.15) is 0 Å². The lowest BCUT2D eigenvalue weighted by molar-refractivity contribution is -0.140. The van der Waals surface area contributed by atoms with Gasteiger partial charge >= 0.3 is 5.97 Å². The van der Waals surface area contributed by atoms with Gasteiger partial charge in [0.25, 0.3) is 0 Å². The van der Waals surface area contributed by atoms with Crippen molar-refractivity contribution in [2.24, 2.45) is 5.92 Å². The molecular formula is C6H10ClNO3. The molecule has 3 N–H and O–H groups in total. The molecule has 0 radical (unpaired) electrons. The van der Waals surface area contributed by atoms with Gasteiger partial charge in [0, 0.05) is 18.3 Å². The molecule has 0 saturated carbocycles. The molecule has 0 bridgehead atoms. The van der Waals surface area contributed by atoms with Gasteiger partial charge in [-0.15, -0.1) is 11.6 Å². The van der Waals surface area contributed by atoms with Crippen molar-refractivity contribution in [2.75, 3.05) is 12.4 Å². The highest BCUT2D eigenvalue weighted by molar-refractivity contribution is 6.18. The molecule has 5 heteroatoms. The Balaban J connectivity index is 2.61. The summed E-state index contributed by atoms with van der Waals surface area (Å²) in [5.74, 6) is -1.15. The maximum absolute atomic E-state index is 10.5. The van der Waals surface area contributed by atoms with E-state index < -0.39 is 18.1 Å². The SMILES string of the molecule is O=C(O)[C@H]1NC[C@@H](O)[C@@H]1CCl. The van der Waals surface area contributed by atoms with Crippen molar-refractivity contribution >= 4 is 17.6 Å². The molecule has 0 aromatic carbocycles. The molecule has 64 valence electrons. The first-order valence-electron chi connectivity index (χ1n) is 3.37. The van der Waals surface area contributed by atoms with E-state index in [1.807, 2.05) is 0 Å². The van der Waals surface area contributed by atoms with Gasteiger partial charge in [-0.3, -0.25) is 4.79 Å². The predicted molar refractivity (Wildman–Crippen MR) is 39.6 cm³/mol. The number of β-amino-alcohol motifs (C(OH)–C–C–N with tert-alkyl or cyclic N) is 1. The van der Waals surface area contributed by atoms with Gasteiger partial charge in [0.15, 0.2) is 0 Å². The molecule has 0 aromatic rings. The van der Waals surface area contributed by atoms with Crippen LogP contribution in [0.25, 0.3) is 0 Å². The number of carboxylic acid groups (broad SMARTS) is 1. The lowest BCUT2D eigenvalue weighted by Gasteiger charge is -2.13. The number of aliphatic hydroxyl groups excluding tert-OH is 1. The second-order valence-electron chi connectivity index (χ2n) is 2.61. The second kappa shape index (κ2) is 3.38. The minimum absolute atomic E-state index is 0.172. The van der Waals surface area contributed by atoms with Gasteiger partial charge in [0.1, 0.15) is 6.04 Å². The molecule has 1 fully saturated rings. The highest BCUT2D eigenvalue weighted by Crippen LogP contribution is 2.17. The second-order valence-corrected chi connectivity index (χ2v) is 2.92. The number of aliphatic carboxylic acids is 1. The summed E-state index contributed by atoms with van der Waals surface area (Å²) < 4.78 is 0. The number of hydrogen-bond acceptors (Lipinski definition) is 3. The fourth-order valence-corrected chi connectivity index (χ4v) is 1.62. The van der Waals surface area contributed by atoms with E-state index in [9.17, 15) is 9.90 Å². The van der Waals surface area contributed by atoms with Crippen LogP contribution < -0.4 is 5.32 Å². The number of carbonyl (C=O) groups is 1. The summed E-state index contributed by atoms with van der Waals surface area (Å²) in [6, 6.07) is -0.692. The Kier molecular flexibility index (Phi) is 2.70. The van der Waals surface area contributed by atoms with E-state index in [0.717, 1.165) is 0 Å². The summed E-state index contributed by atoms with van der Waals surface area (Å²) in [4.78, 5) is 10.5. The van der Waals surface area contributed by atoms with Gasteiger partial charge < -0.3 is 15.5 Å². The van der Waals surface area contributed by atoms with Crippen molar-refractivity contribution in [3.8, 4) is 0 Å². The molecule has 0 spiro atoms. The monoisotopic (exact) mass is 179 g/mol. The summed E-state index contributed by atoms with van der Waals surface area (Å²) in [7, 11) is 0. The molecular weight excluding hydrogens is 170 g/mol. The van der Waals surface area contributed by atoms with Crippen molar-refractivity contribution in [3.05, 3.63) is 0 Å². The quantitative estimate of drug-likeness (QED) is 0.489. The van der Waals surface area contributed by atoms with Crippen molar-refractivity contribution in [1.29, 1.82) is 0 Å². The van der Waals surface area contributed by atoms with Crippen molar-refractivity contribution in [3.63, 3.8) is 0 Å². The van der Waals surface area contributed by atoms with E-state index in [0.29, 0.717) is 6.54 Å². The van der Waals surface area contributed by atoms with E-state index in [1.54, 1.807) is 0 Å². The largest absolute Gasteiger partial charge is 0.480 e. The molecule has 1 heterocycles. The Morgan fingerprint density at radius 1 is 1.73 bits per heavy atom. The Morgan fingerprint density at radius 2 is 2.36 bits per heavy atom. The molecule has 4 nitrogen and oxygen atoms in total. The summed E-state index contributed by atoms with van der Waals surface area (Å²) in [5.41, 5.74) is 0. The van der Waals surface area contributed by atoms with Gasteiger partial charge in [-0.2, -0.15) is 0 Å². The standard InChI is InChI=1S/C6H10ClNO3/c7-1-3-4(9)2-8-5(3)6(10)11/h3-5,8-9H,1-2H2,(H,10,11)/t3-,4+,5-/m0/s1. The number of nitrogens with one attached hydrogen (secondary N) is 1. The minimum atomic E-state index is -0.952. The summed E-state index contributed by atoms with van der Waals surface area (Å²) in [5, 5.41) is 20.5. The summed E-state index contributed by atoms with van der Waals surface area (Å²) >= 11 is 5.48. The third kappa shape index (κ3) is 1.64. The van der Waals surface area contributed by atoms with Crippen molar-refractivity contribution < 1.29 is 15.0 Å². The zero-order valence-electron chi connectivity index (χ0n) is 5.83. The lowest BCUT2D eigenvalue weighted by atomic mass is 10.0. The minimum Gasteiger partial charge on any atom is -0.480 e. The molecule has 3 atom stereocenters. The van der Waals surface area contributed by atoms with Crippen LogP contribution in [0.2, 0.25) is 0 Å². The van der Waals surface area contributed by atoms with Crippen LogP contribution in [0.3, 0.4) is 0 Å². The molecule has 1 aliphatic rings. The maximum Gasteiger partial charge on any atom is 0.321 e. The molecule has 1 saturated heterocycles. The maximum atomic E-state index is 10.5. The number of alkyl halides is 1. The van der Waals surface area contributed by atoms with Gasteiger partial charge in [-0.25, -0.2) is 0 Å². The van der Waals surface area contributed by atoms with Crippen LogP contribution in [0.4, 0.5) is 0 Å². The number of aliphatic hydroxyl groups is 1. The normalized spacial score (nSPS) is 37.5. The zero-order valence-corrected chi connectivity index (χ0v) is 6.58. The molecule has 11 heavy (non-hydrogen) atoms. The third-order valence-electron chi connectivity index (χ3n) is 1.91. The van der Waals surface area contributed by atoms with E-state index in [1.165, 1.54) is 0 Å². The van der Waals surface area contributed by atoms with Crippen LogP contribution in [-0.4, -0.2) is 40.8 Å². The summed E-state index contributed by atoms with van der Waals surface area (Å²) in [6.07, 6.45) is -0.631. The third-order valence-corrected chi connectivity index (χ3v) is 2.27. The van der Waals surface area contributed by atoms with Gasteiger partial charge in [0.2, 0.25) is 0 Å².